The Bertz CT molecular complexity index is 870. The Labute approximate surface area is 146 Å². The second-order valence-electron chi connectivity index (χ2n) is 6.09. The van der Waals surface area contributed by atoms with E-state index in [2.05, 4.69) is 9.83 Å². The second-order valence-corrected chi connectivity index (χ2v) is 6.45. The van der Waals surface area contributed by atoms with Gasteiger partial charge in [0.05, 0.1) is 6.57 Å². The maximum Gasteiger partial charge on any atom is 0.259 e. The Balaban J connectivity index is 2.08. The summed E-state index contributed by atoms with van der Waals surface area (Å²) in [6.45, 7) is 12.7. The zero-order valence-corrected chi connectivity index (χ0v) is 14.5. The third kappa shape index (κ3) is 2.34. The van der Waals surface area contributed by atoms with Gasteiger partial charge in [-0.15, -0.1) is 0 Å². The van der Waals surface area contributed by atoms with Gasteiger partial charge >= 0.3 is 0 Å². The molecule has 1 amide bonds. The van der Waals surface area contributed by atoms with Crippen molar-refractivity contribution < 1.29 is 4.79 Å². The Kier molecular flexibility index (Phi) is 3.82. The molecule has 1 aliphatic rings. The number of amides is 1. The first-order chi connectivity index (χ1) is 11.4. The lowest BCUT2D eigenvalue weighted by atomic mass is 10.0. The highest BCUT2D eigenvalue weighted by molar-refractivity contribution is 7.81. The van der Waals surface area contributed by atoms with Crippen molar-refractivity contribution >= 4 is 40.4 Å². The van der Waals surface area contributed by atoms with Crippen molar-refractivity contribution in [2.24, 2.45) is 0 Å². The van der Waals surface area contributed by atoms with Crippen molar-refractivity contribution in [2.45, 2.75) is 26.3 Å². The first-order valence-corrected chi connectivity index (χ1v) is 7.86. The molecular weight excluding hydrogens is 320 g/mol. The number of rotatable bonds is 2. The number of nitrogens with zero attached hydrogens (tertiary/aromatic N) is 4. The summed E-state index contributed by atoms with van der Waals surface area (Å²) in [6.07, 6.45) is 1.68. The van der Waals surface area contributed by atoms with Crippen molar-refractivity contribution in [2.75, 3.05) is 9.80 Å². The summed E-state index contributed by atoms with van der Waals surface area (Å²) in [7, 11) is 0. The highest BCUT2D eigenvalue weighted by Gasteiger charge is 2.50. The van der Waals surface area contributed by atoms with Gasteiger partial charge in [0.15, 0.2) is 10.8 Å². The lowest BCUT2D eigenvalue weighted by molar-refractivity contribution is -0.120. The minimum Gasteiger partial charge on any atom is -0.288 e. The zero-order chi connectivity index (χ0) is 17.5. The molecular formula is C18H16N4OS. The van der Waals surface area contributed by atoms with Gasteiger partial charge in [0.2, 0.25) is 0 Å². The molecule has 0 bridgehead atoms. The van der Waals surface area contributed by atoms with Crippen LogP contribution in [0, 0.1) is 13.5 Å². The van der Waals surface area contributed by atoms with Crippen LogP contribution in [-0.2, 0) is 4.79 Å². The highest BCUT2D eigenvalue weighted by Crippen LogP contribution is 2.36. The summed E-state index contributed by atoms with van der Waals surface area (Å²) >= 11 is 5.59. The number of carbonyl (C=O) groups excluding carboxylic acids is 1. The molecule has 0 N–H and O–H groups in total. The van der Waals surface area contributed by atoms with Crippen LogP contribution in [0.25, 0.3) is 4.85 Å². The van der Waals surface area contributed by atoms with Crippen LogP contribution in [-0.4, -0.2) is 21.5 Å². The van der Waals surface area contributed by atoms with Crippen molar-refractivity contribution in [3.63, 3.8) is 0 Å². The highest BCUT2D eigenvalue weighted by atomic mass is 32.1. The van der Waals surface area contributed by atoms with E-state index < -0.39 is 5.54 Å². The number of benzene rings is 1. The molecule has 1 aromatic carbocycles. The fourth-order valence-electron chi connectivity index (χ4n) is 2.80. The molecule has 3 rings (SSSR count). The fraction of sp³-hybridized carbons (Fsp3) is 0.222. The van der Waals surface area contributed by atoms with Crippen LogP contribution < -0.4 is 9.80 Å². The average Bonchev–Trinajstić information content (AvgIpc) is 2.73. The molecule has 1 fully saturated rings. The van der Waals surface area contributed by atoms with E-state index in [9.17, 15) is 4.79 Å². The first-order valence-electron chi connectivity index (χ1n) is 7.46. The molecule has 0 unspecified atom stereocenters. The SMILES string of the molecule is [C-]#[N+]c1ccc(N2C(=O)C(C)(C)N(c3ccccn3)C2=S)cc1C. The summed E-state index contributed by atoms with van der Waals surface area (Å²) < 4.78 is 0. The monoisotopic (exact) mass is 336 g/mol. The number of aromatic nitrogens is 1. The van der Waals surface area contributed by atoms with Crippen LogP contribution in [0.1, 0.15) is 19.4 Å². The van der Waals surface area contributed by atoms with Crippen LogP contribution in [0.5, 0.6) is 0 Å². The Hall–Kier alpha value is -2.78. The van der Waals surface area contributed by atoms with Gasteiger partial charge in [0.25, 0.3) is 5.91 Å². The molecule has 120 valence electrons. The molecule has 0 spiro atoms. The molecule has 0 saturated carbocycles. The standard InChI is InChI=1S/C18H16N4OS/c1-12-11-13(8-9-14(12)19-4)21-16(23)18(2,3)22(17(21)24)15-7-5-6-10-20-15/h5-11H,1-3H3. The van der Waals surface area contributed by atoms with E-state index in [0.29, 0.717) is 22.3 Å². The number of carbonyl (C=O) groups is 1. The fourth-order valence-corrected chi connectivity index (χ4v) is 3.31. The number of hydrogen-bond acceptors (Lipinski definition) is 3. The predicted molar refractivity (Wildman–Crippen MR) is 98.3 cm³/mol. The first kappa shape index (κ1) is 16.1. The van der Waals surface area contributed by atoms with Gasteiger partial charge in [-0.25, -0.2) is 9.83 Å². The van der Waals surface area contributed by atoms with Gasteiger partial charge in [-0.2, -0.15) is 0 Å². The summed E-state index contributed by atoms with van der Waals surface area (Å²) in [5, 5.41) is 0.388. The number of thiocarbonyl (C=S) groups is 1. The maximum absolute atomic E-state index is 13.0. The van der Waals surface area contributed by atoms with E-state index in [1.807, 2.05) is 45.0 Å². The van der Waals surface area contributed by atoms with E-state index in [1.165, 1.54) is 4.90 Å². The van der Waals surface area contributed by atoms with Crippen LogP contribution in [0.2, 0.25) is 0 Å². The molecule has 0 atom stereocenters. The number of pyridine rings is 1. The third-order valence-corrected chi connectivity index (χ3v) is 4.47. The normalized spacial score (nSPS) is 16.4. The summed E-state index contributed by atoms with van der Waals surface area (Å²) in [6, 6.07) is 10.8. The molecule has 1 aliphatic heterocycles. The molecule has 1 aromatic heterocycles. The van der Waals surface area contributed by atoms with E-state index in [-0.39, 0.29) is 5.91 Å². The van der Waals surface area contributed by atoms with E-state index >= 15 is 0 Å². The van der Waals surface area contributed by atoms with E-state index in [4.69, 9.17) is 18.8 Å². The summed E-state index contributed by atoms with van der Waals surface area (Å²) in [5.41, 5.74) is 1.21. The molecule has 6 heteroatoms. The second kappa shape index (κ2) is 5.69. The molecule has 5 nitrogen and oxygen atoms in total. The topological polar surface area (TPSA) is 40.8 Å². The van der Waals surface area contributed by atoms with Crippen LogP contribution in [0.3, 0.4) is 0 Å². The number of hydrogen-bond donors (Lipinski definition) is 0. The lowest BCUT2D eigenvalue weighted by Crippen LogP contribution is -2.44. The van der Waals surface area contributed by atoms with Crippen LogP contribution >= 0.6 is 12.2 Å². The van der Waals surface area contributed by atoms with Crippen LogP contribution in [0.15, 0.2) is 42.6 Å². The summed E-state index contributed by atoms with van der Waals surface area (Å²) in [4.78, 5) is 24.1. The Morgan fingerprint density at radius 3 is 2.58 bits per heavy atom. The zero-order valence-electron chi connectivity index (χ0n) is 13.6. The van der Waals surface area contributed by atoms with Gasteiger partial charge in [0, 0.05) is 11.9 Å². The van der Waals surface area contributed by atoms with Crippen molar-refractivity contribution in [3.05, 3.63) is 59.6 Å². The third-order valence-electron chi connectivity index (χ3n) is 4.11. The Morgan fingerprint density at radius 1 is 1.25 bits per heavy atom. The molecule has 2 heterocycles. The van der Waals surface area contributed by atoms with Crippen LogP contribution in [0.4, 0.5) is 17.2 Å². The smallest absolute Gasteiger partial charge is 0.259 e. The average molecular weight is 336 g/mol. The van der Waals surface area contributed by atoms with Crippen molar-refractivity contribution in [1.82, 2.24) is 4.98 Å². The number of anilines is 2. The minimum absolute atomic E-state index is 0.117. The lowest BCUT2D eigenvalue weighted by Gasteiger charge is -2.28. The Morgan fingerprint density at radius 2 is 2.00 bits per heavy atom. The van der Waals surface area contributed by atoms with E-state index in [1.54, 1.807) is 23.2 Å². The van der Waals surface area contributed by atoms with Crippen molar-refractivity contribution in [3.8, 4) is 0 Å². The maximum atomic E-state index is 13.0. The molecule has 1 saturated heterocycles. The van der Waals surface area contributed by atoms with Gasteiger partial charge in [-0.05, 0) is 62.8 Å². The molecule has 2 aromatic rings. The summed E-state index contributed by atoms with van der Waals surface area (Å²) in [5.74, 6) is 0.519. The largest absolute Gasteiger partial charge is 0.288 e. The molecule has 24 heavy (non-hydrogen) atoms. The predicted octanol–water partition coefficient (Wildman–Crippen LogP) is 3.86. The van der Waals surface area contributed by atoms with Gasteiger partial charge in [0.1, 0.15) is 11.4 Å². The molecule has 0 radical (unpaired) electrons. The van der Waals surface area contributed by atoms with Gasteiger partial charge in [-0.3, -0.25) is 14.6 Å². The molecule has 0 aliphatic carbocycles. The van der Waals surface area contributed by atoms with Gasteiger partial charge < -0.3 is 0 Å². The van der Waals surface area contributed by atoms with Crippen molar-refractivity contribution in [1.29, 1.82) is 0 Å². The van der Waals surface area contributed by atoms with Gasteiger partial charge in [-0.1, -0.05) is 12.1 Å². The number of aryl methyl sites for hydroxylation is 1. The quantitative estimate of drug-likeness (QED) is 0.617. The minimum atomic E-state index is -0.836. The van der Waals surface area contributed by atoms with E-state index in [0.717, 1.165) is 5.56 Å².